The van der Waals surface area contributed by atoms with Gasteiger partial charge in [0, 0.05) is 6.04 Å². The molecule has 1 atom stereocenters. The summed E-state index contributed by atoms with van der Waals surface area (Å²) in [5.74, 6) is 1.78. The van der Waals surface area contributed by atoms with Gasteiger partial charge in [0.25, 0.3) is 0 Å². The molecule has 1 N–H and O–H groups in total. The maximum atomic E-state index is 5.66. The Hall–Kier alpha value is -1.02. The Morgan fingerprint density at radius 3 is 2.24 bits per heavy atom. The van der Waals surface area contributed by atoms with E-state index in [-0.39, 0.29) is 6.10 Å². The van der Waals surface area contributed by atoms with E-state index in [9.17, 15) is 0 Å². The average Bonchev–Trinajstić information content (AvgIpc) is 2.23. The molecule has 0 radical (unpaired) electrons. The Labute approximate surface area is 104 Å². The summed E-state index contributed by atoms with van der Waals surface area (Å²) < 4.78 is 5.66. The van der Waals surface area contributed by atoms with Crippen LogP contribution in [0.4, 0.5) is 0 Å². The van der Waals surface area contributed by atoms with Crippen molar-refractivity contribution in [1.29, 1.82) is 0 Å². The number of rotatable bonds is 5. The van der Waals surface area contributed by atoms with Crippen molar-refractivity contribution in [1.82, 2.24) is 5.32 Å². The molecular weight excluding hydrogens is 210 g/mol. The molecule has 1 aliphatic carbocycles. The molecule has 2 nitrogen and oxygen atoms in total. The third kappa shape index (κ3) is 3.01. The lowest BCUT2D eigenvalue weighted by Gasteiger charge is -2.34. The molecule has 0 aliphatic heterocycles. The molecule has 2 rings (SSSR count). The first kappa shape index (κ1) is 12.4. The number of benzene rings is 1. The van der Waals surface area contributed by atoms with E-state index in [1.807, 2.05) is 0 Å². The minimum atomic E-state index is 0.243. The largest absolute Gasteiger partial charge is 0.491 e. The number of hydrogen-bond donors (Lipinski definition) is 1. The summed E-state index contributed by atoms with van der Waals surface area (Å²) in [5.41, 5.74) is 1.38. The zero-order valence-corrected chi connectivity index (χ0v) is 11.1. The van der Waals surface area contributed by atoms with E-state index in [4.69, 9.17) is 4.74 Å². The van der Waals surface area contributed by atoms with Crippen LogP contribution in [0, 0.1) is 5.92 Å². The van der Waals surface area contributed by atoms with Crippen LogP contribution in [0.5, 0.6) is 5.75 Å². The average molecular weight is 233 g/mol. The summed E-state index contributed by atoms with van der Waals surface area (Å²) >= 11 is 0. The summed E-state index contributed by atoms with van der Waals surface area (Å²) in [7, 11) is 2.06. The second kappa shape index (κ2) is 5.54. The van der Waals surface area contributed by atoms with Gasteiger partial charge in [-0.2, -0.15) is 0 Å². The minimum Gasteiger partial charge on any atom is -0.491 e. The van der Waals surface area contributed by atoms with Gasteiger partial charge in [-0.15, -0.1) is 0 Å². The molecule has 0 spiro atoms. The molecule has 1 fully saturated rings. The molecule has 1 saturated carbocycles. The molecule has 0 aromatic heterocycles. The third-order valence-electron chi connectivity index (χ3n) is 3.54. The lowest BCUT2D eigenvalue weighted by atomic mass is 9.77. The van der Waals surface area contributed by atoms with Crippen molar-refractivity contribution in [2.75, 3.05) is 7.05 Å². The SMILES string of the molecule is CNC(c1ccc(OC(C)C)cc1)C1CCC1. The summed E-state index contributed by atoms with van der Waals surface area (Å²) in [4.78, 5) is 0. The van der Waals surface area contributed by atoms with Gasteiger partial charge in [-0.1, -0.05) is 18.6 Å². The smallest absolute Gasteiger partial charge is 0.119 e. The van der Waals surface area contributed by atoms with Crippen LogP contribution < -0.4 is 10.1 Å². The summed E-state index contributed by atoms with van der Waals surface area (Å²) in [6.07, 6.45) is 4.34. The molecule has 0 heterocycles. The van der Waals surface area contributed by atoms with Crippen molar-refractivity contribution in [3.05, 3.63) is 29.8 Å². The predicted octanol–water partition coefficient (Wildman–Crippen LogP) is 3.53. The molecule has 1 unspecified atom stereocenters. The van der Waals surface area contributed by atoms with E-state index in [2.05, 4.69) is 50.5 Å². The highest BCUT2D eigenvalue weighted by atomic mass is 16.5. The fourth-order valence-corrected chi connectivity index (χ4v) is 2.47. The first-order valence-electron chi connectivity index (χ1n) is 6.64. The Morgan fingerprint density at radius 1 is 1.18 bits per heavy atom. The summed E-state index contributed by atoms with van der Waals surface area (Å²) in [5, 5.41) is 3.44. The minimum absolute atomic E-state index is 0.243. The molecule has 0 amide bonds. The van der Waals surface area contributed by atoms with Crippen LogP contribution in [0.3, 0.4) is 0 Å². The zero-order valence-electron chi connectivity index (χ0n) is 11.1. The summed E-state index contributed by atoms with van der Waals surface area (Å²) in [6, 6.07) is 9.06. The molecule has 1 aromatic rings. The van der Waals surface area contributed by atoms with Crippen molar-refractivity contribution in [3.63, 3.8) is 0 Å². The van der Waals surface area contributed by atoms with E-state index < -0.39 is 0 Å². The highest BCUT2D eigenvalue weighted by molar-refractivity contribution is 5.30. The fourth-order valence-electron chi connectivity index (χ4n) is 2.47. The van der Waals surface area contributed by atoms with Crippen molar-refractivity contribution < 1.29 is 4.74 Å². The first-order chi connectivity index (χ1) is 8.20. The second-order valence-corrected chi connectivity index (χ2v) is 5.19. The molecule has 0 saturated heterocycles. The van der Waals surface area contributed by atoms with Crippen LogP contribution in [-0.4, -0.2) is 13.2 Å². The van der Waals surface area contributed by atoms with Crippen molar-refractivity contribution >= 4 is 0 Å². The van der Waals surface area contributed by atoms with Crippen molar-refractivity contribution in [3.8, 4) is 5.75 Å². The molecular formula is C15H23NO. The molecule has 2 heteroatoms. The Balaban J connectivity index is 2.04. The van der Waals surface area contributed by atoms with Crippen molar-refractivity contribution in [2.24, 2.45) is 5.92 Å². The van der Waals surface area contributed by atoms with Gasteiger partial charge in [-0.25, -0.2) is 0 Å². The summed E-state index contributed by atoms with van der Waals surface area (Å²) in [6.45, 7) is 4.11. The van der Waals surface area contributed by atoms with Gasteiger partial charge in [-0.05, 0) is 57.4 Å². The van der Waals surface area contributed by atoms with Crippen LogP contribution in [0.1, 0.15) is 44.7 Å². The number of hydrogen-bond acceptors (Lipinski definition) is 2. The highest BCUT2D eigenvalue weighted by Gasteiger charge is 2.27. The number of ether oxygens (including phenoxy) is 1. The normalized spacial score (nSPS) is 17.9. The van der Waals surface area contributed by atoms with Gasteiger partial charge in [0.2, 0.25) is 0 Å². The van der Waals surface area contributed by atoms with Crippen molar-refractivity contribution in [2.45, 2.75) is 45.3 Å². The molecule has 1 aromatic carbocycles. The van der Waals surface area contributed by atoms with E-state index in [1.165, 1.54) is 24.8 Å². The van der Waals surface area contributed by atoms with Gasteiger partial charge in [0.1, 0.15) is 5.75 Å². The topological polar surface area (TPSA) is 21.3 Å². The first-order valence-corrected chi connectivity index (χ1v) is 6.64. The maximum Gasteiger partial charge on any atom is 0.119 e. The van der Waals surface area contributed by atoms with Gasteiger partial charge in [0.15, 0.2) is 0 Å². The van der Waals surface area contributed by atoms with E-state index in [0.717, 1.165) is 11.7 Å². The van der Waals surface area contributed by atoms with Gasteiger partial charge >= 0.3 is 0 Å². The zero-order chi connectivity index (χ0) is 12.3. The molecule has 1 aliphatic rings. The van der Waals surface area contributed by atoms with E-state index in [0.29, 0.717) is 6.04 Å². The van der Waals surface area contributed by atoms with E-state index in [1.54, 1.807) is 0 Å². The number of nitrogens with one attached hydrogen (secondary N) is 1. The van der Waals surface area contributed by atoms with Crippen LogP contribution in [-0.2, 0) is 0 Å². The fraction of sp³-hybridized carbons (Fsp3) is 0.600. The Morgan fingerprint density at radius 2 is 1.82 bits per heavy atom. The monoisotopic (exact) mass is 233 g/mol. The highest BCUT2D eigenvalue weighted by Crippen LogP contribution is 2.37. The molecule has 94 valence electrons. The lowest BCUT2D eigenvalue weighted by molar-refractivity contribution is 0.236. The predicted molar refractivity (Wildman–Crippen MR) is 71.3 cm³/mol. The molecule has 0 bridgehead atoms. The standard InChI is InChI=1S/C15H23NO/c1-11(2)17-14-9-7-13(8-10-14)15(16-3)12-5-4-6-12/h7-12,15-16H,4-6H2,1-3H3. The lowest BCUT2D eigenvalue weighted by Crippen LogP contribution is -2.29. The van der Waals surface area contributed by atoms with Crippen LogP contribution in [0.15, 0.2) is 24.3 Å². The molecule has 17 heavy (non-hydrogen) atoms. The van der Waals surface area contributed by atoms with Gasteiger partial charge in [-0.3, -0.25) is 0 Å². The van der Waals surface area contributed by atoms with Gasteiger partial charge in [0.05, 0.1) is 6.10 Å². The second-order valence-electron chi connectivity index (χ2n) is 5.19. The van der Waals surface area contributed by atoms with Gasteiger partial charge < -0.3 is 10.1 Å². The third-order valence-corrected chi connectivity index (χ3v) is 3.54. The Kier molecular flexibility index (Phi) is 4.06. The quantitative estimate of drug-likeness (QED) is 0.840. The van der Waals surface area contributed by atoms with E-state index >= 15 is 0 Å². The Bertz CT molecular complexity index is 340. The van der Waals surface area contributed by atoms with Crippen LogP contribution >= 0.6 is 0 Å². The van der Waals surface area contributed by atoms with Crippen LogP contribution in [0.25, 0.3) is 0 Å². The maximum absolute atomic E-state index is 5.66. The van der Waals surface area contributed by atoms with Crippen LogP contribution in [0.2, 0.25) is 0 Å².